The summed E-state index contributed by atoms with van der Waals surface area (Å²) in [6.45, 7) is 1.01. The summed E-state index contributed by atoms with van der Waals surface area (Å²) in [5, 5.41) is 0. The second kappa shape index (κ2) is 3.81. The first-order valence-corrected chi connectivity index (χ1v) is 4.22. The number of methoxy groups -OCH3 is 1. The maximum atomic E-state index is 11.3. The van der Waals surface area contributed by atoms with Crippen LogP contribution in [0.3, 0.4) is 0 Å². The second-order valence-electron chi connectivity index (χ2n) is 2.76. The van der Waals surface area contributed by atoms with Gasteiger partial charge in [0.1, 0.15) is 5.56 Å². The molecule has 0 amide bonds. The molecule has 0 radical (unpaired) electrons. The van der Waals surface area contributed by atoms with E-state index in [4.69, 9.17) is 13.9 Å². The molecule has 0 aliphatic carbocycles. The highest BCUT2D eigenvalue weighted by Crippen LogP contribution is 2.27. The molecule has 1 aliphatic heterocycles. The van der Waals surface area contributed by atoms with E-state index in [1.807, 2.05) is 0 Å². The summed E-state index contributed by atoms with van der Waals surface area (Å²) in [4.78, 5) is 11.3. The topological polar surface area (TPSA) is 57.9 Å². The molecule has 0 spiro atoms. The highest BCUT2D eigenvalue weighted by molar-refractivity contribution is 5.90. The largest absolute Gasteiger partial charge is 0.465 e. The van der Waals surface area contributed by atoms with Gasteiger partial charge in [-0.1, -0.05) is 0 Å². The molecule has 14 heavy (non-hydrogen) atoms. The van der Waals surface area contributed by atoms with E-state index >= 15 is 0 Å². The molecule has 0 bridgehead atoms. The summed E-state index contributed by atoms with van der Waals surface area (Å²) < 4.78 is 20.1. The molecular weight excluding hydrogens is 188 g/mol. The van der Waals surface area contributed by atoms with Gasteiger partial charge in [-0.2, -0.15) is 0 Å². The molecule has 0 N–H and O–H groups in total. The van der Waals surface area contributed by atoms with Crippen LogP contribution in [-0.4, -0.2) is 26.3 Å². The van der Waals surface area contributed by atoms with Crippen molar-refractivity contribution in [3.8, 4) is 0 Å². The first-order chi connectivity index (χ1) is 6.83. The van der Waals surface area contributed by atoms with Gasteiger partial charge in [0.2, 0.25) is 6.29 Å². The fourth-order valence-electron chi connectivity index (χ4n) is 1.29. The van der Waals surface area contributed by atoms with Gasteiger partial charge >= 0.3 is 5.97 Å². The van der Waals surface area contributed by atoms with E-state index in [2.05, 4.69) is 4.74 Å². The van der Waals surface area contributed by atoms with Gasteiger partial charge in [0, 0.05) is 0 Å². The Bertz CT molecular complexity index is 324. The van der Waals surface area contributed by atoms with Crippen LogP contribution in [0.25, 0.3) is 0 Å². The number of esters is 1. The maximum Gasteiger partial charge on any atom is 0.341 e. The molecule has 2 rings (SSSR count). The van der Waals surface area contributed by atoms with Gasteiger partial charge in [0.15, 0.2) is 5.76 Å². The average molecular weight is 198 g/mol. The monoisotopic (exact) mass is 198 g/mol. The normalized spacial score (nSPS) is 17.2. The highest BCUT2D eigenvalue weighted by atomic mass is 16.7. The quantitative estimate of drug-likeness (QED) is 0.666. The van der Waals surface area contributed by atoms with Crippen LogP contribution >= 0.6 is 0 Å². The van der Waals surface area contributed by atoms with E-state index in [1.165, 1.54) is 19.4 Å². The number of hydrogen-bond acceptors (Lipinski definition) is 5. The molecule has 1 aromatic rings. The van der Waals surface area contributed by atoms with E-state index in [1.54, 1.807) is 0 Å². The first kappa shape index (κ1) is 9.23. The predicted molar refractivity (Wildman–Crippen MR) is 44.7 cm³/mol. The lowest BCUT2D eigenvalue weighted by molar-refractivity contribution is -0.0596. The summed E-state index contributed by atoms with van der Waals surface area (Å²) in [6.07, 6.45) is 0.825. The number of ether oxygens (including phenoxy) is 3. The Hall–Kier alpha value is -1.33. The van der Waals surface area contributed by atoms with Crippen LogP contribution in [0, 0.1) is 0 Å². The third-order valence-corrected chi connectivity index (χ3v) is 1.94. The number of furan rings is 1. The summed E-state index contributed by atoms with van der Waals surface area (Å²) in [6, 6.07) is 1.53. The van der Waals surface area contributed by atoms with Crippen LogP contribution in [0.2, 0.25) is 0 Å². The number of hydrogen-bond donors (Lipinski definition) is 0. The van der Waals surface area contributed by atoms with Crippen molar-refractivity contribution in [1.82, 2.24) is 0 Å². The highest BCUT2D eigenvalue weighted by Gasteiger charge is 2.27. The van der Waals surface area contributed by atoms with Crippen molar-refractivity contribution in [2.75, 3.05) is 20.3 Å². The van der Waals surface area contributed by atoms with Crippen molar-refractivity contribution in [3.05, 3.63) is 23.7 Å². The third-order valence-electron chi connectivity index (χ3n) is 1.94. The zero-order valence-electron chi connectivity index (χ0n) is 7.69. The summed E-state index contributed by atoms with van der Waals surface area (Å²) in [7, 11) is 1.31. The summed E-state index contributed by atoms with van der Waals surface area (Å²) >= 11 is 0. The molecule has 2 heterocycles. The smallest absolute Gasteiger partial charge is 0.341 e. The molecule has 5 heteroatoms. The van der Waals surface area contributed by atoms with Crippen molar-refractivity contribution < 1.29 is 23.4 Å². The van der Waals surface area contributed by atoms with Crippen molar-refractivity contribution in [3.63, 3.8) is 0 Å². The standard InChI is InChI=1S/C9H10O5/c1-11-8(10)6-2-3-12-7(6)9-13-4-5-14-9/h2-3,9H,4-5H2,1H3. The van der Waals surface area contributed by atoms with Gasteiger partial charge in [0.05, 0.1) is 26.6 Å². The zero-order valence-corrected chi connectivity index (χ0v) is 7.69. The fraction of sp³-hybridized carbons (Fsp3) is 0.444. The van der Waals surface area contributed by atoms with Crippen LogP contribution < -0.4 is 0 Å². The minimum atomic E-state index is -0.584. The van der Waals surface area contributed by atoms with Gasteiger partial charge in [0.25, 0.3) is 0 Å². The minimum absolute atomic E-state index is 0.347. The fourth-order valence-corrected chi connectivity index (χ4v) is 1.29. The number of carbonyl (C=O) groups is 1. The van der Waals surface area contributed by atoms with Crippen LogP contribution in [0.5, 0.6) is 0 Å². The maximum absolute atomic E-state index is 11.3. The van der Waals surface area contributed by atoms with E-state index in [-0.39, 0.29) is 0 Å². The Kier molecular flexibility index (Phi) is 2.51. The Morgan fingerprint density at radius 2 is 2.21 bits per heavy atom. The van der Waals surface area contributed by atoms with Crippen molar-refractivity contribution in [1.29, 1.82) is 0 Å². The summed E-state index contributed by atoms with van der Waals surface area (Å²) in [5.41, 5.74) is 0.347. The Balaban J connectivity index is 2.24. The molecule has 1 fully saturated rings. The van der Waals surface area contributed by atoms with Crippen molar-refractivity contribution >= 4 is 5.97 Å². The molecule has 76 valence electrons. The molecule has 1 aliphatic rings. The third kappa shape index (κ3) is 1.51. The predicted octanol–water partition coefficient (Wildman–Crippen LogP) is 1.11. The van der Waals surface area contributed by atoms with Crippen molar-refractivity contribution in [2.24, 2.45) is 0 Å². The Labute approximate surface area is 80.5 Å². The molecular formula is C9H10O5. The van der Waals surface area contributed by atoms with E-state index < -0.39 is 12.3 Å². The van der Waals surface area contributed by atoms with Crippen LogP contribution in [0.4, 0.5) is 0 Å². The average Bonchev–Trinajstić information content (AvgIpc) is 2.85. The van der Waals surface area contributed by atoms with Gasteiger partial charge in [-0.25, -0.2) is 4.79 Å². The second-order valence-corrected chi connectivity index (χ2v) is 2.76. The van der Waals surface area contributed by atoms with Crippen LogP contribution in [0.1, 0.15) is 22.4 Å². The van der Waals surface area contributed by atoms with Crippen LogP contribution in [0.15, 0.2) is 16.7 Å². The van der Waals surface area contributed by atoms with Gasteiger partial charge in [-0.05, 0) is 6.07 Å². The molecule has 0 saturated carbocycles. The van der Waals surface area contributed by atoms with Gasteiger partial charge in [-0.3, -0.25) is 0 Å². The number of rotatable bonds is 2. The lowest BCUT2D eigenvalue weighted by Crippen LogP contribution is -2.07. The first-order valence-electron chi connectivity index (χ1n) is 4.22. The number of carbonyl (C=O) groups excluding carboxylic acids is 1. The van der Waals surface area contributed by atoms with Crippen LogP contribution in [-0.2, 0) is 14.2 Å². The van der Waals surface area contributed by atoms with E-state index in [9.17, 15) is 4.79 Å². The Morgan fingerprint density at radius 3 is 2.86 bits per heavy atom. The SMILES string of the molecule is COC(=O)c1ccoc1C1OCCO1. The molecule has 0 atom stereocenters. The molecule has 0 aromatic carbocycles. The zero-order chi connectivity index (χ0) is 9.97. The van der Waals surface area contributed by atoms with Gasteiger partial charge < -0.3 is 18.6 Å². The lowest BCUT2D eigenvalue weighted by atomic mass is 10.2. The van der Waals surface area contributed by atoms with Crippen molar-refractivity contribution in [2.45, 2.75) is 6.29 Å². The molecule has 0 unspecified atom stereocenters. The molecule has 1 aromatic heterocycles. The van der Waals surface area contributed by atoms with Gasteiger partial charge in [-0.15, -0.1) is 0 Å². The van der Waals surface area contributed by atoms with E-state index in [0.29, 0.717) is 24.5 Å². The van der Waals surface area contributed by atoms with E-state index in [0.717, 1.165) is 0 Å². The summed E-state index contributed by atoms with van der Waals surface area (Å²) in [5.74, 6) is -0.0813. The minimum Gasteiger partial charge on any atom is -0.465 e. The molecule has 1 saturated heterocycles. The lowest BCUT2D eigenvalue weighted by Gasteiger charge is -2.06. The Morgan fingerprint density at radius 1 is 1.50 bits per heavy atom. The molecule has 5 nitrogen and oxygen atoms in total.